The summed E-state index contributed by atoms with van der Waals surface area (Å²) in [7, 11) is 0. The number of carbonyl (C=O) groups is 2. The predicted molar refractivity (Wildman–Crippen MR) is 92.1 cm³/mol. The summed E-state index contributed by atoms with van der Waals surface area (Å²) in [6.07, 6.45) is -2.09. The van der Waals surface area contributed by atoms with Gasteiger partial charge in [0.15, 0.2) is 0 Å². The molecule has 1 aliphatic heterocycles. The van der Waals surface area contributed by atoms with Crippen LogP contribution in [0.3, 0.4) is 0 Å². The Morgan fingerprint density at radius 3 is 2.74 bits per heavy atom. The molecule has 2 rings (SSSR count). The highest BCUT2D eigenvalue weighted by atomic mass is 32.2. The zero-order valence-electron chi connectivity index (χ0n) is 14.7. The Kier molecular flexibility index (Phi) is 6.54. The van der Waals surface area contributed by atoms with E-state index in [2.05, 4.69) is 9.97 Å². The summed E-state index contributed by atoms with van der Waals surface area (Å²) >= 11 is 1.03. The van der Waals surface area contributed by atoms with Gasteiger partial charge in [-0.1, -0.05) is 11.8 Å². The van der Waals surface area contributed by atoms with Crippen molar-refractivity contribution in [3.63, 3.8) is 0 Å². The summed E-state index contributed by atoms with van der Waals surface area (Å²) in [6.45, 7) is 2.18. The number of alkyl halides is 3. The number of aromatic nitrogens is 2. The minimum atomic E-state index is -4.59. The summed E-state index contributed by atoms with van der Waals surface area (Å²) in [6, 6.07) is 1.63. The number of carbonyl (C=O) groups excluding carboxylic acids is 2. The van der Waals surface area contributed by atoms with Crippen LogP contribution in [-0.4, -0.2) is 51.2 Å². The van der Waals surface area contributed by atoms with E-state index < -0.39 is 29.5 Å². The average molecular weight is 401 g/mol. The first kappa shape index (κ1) is 20.8. The van der Waals surface area contributed by atoms with Crippen LogP contribution in [0, 0.1) is 18.3 Å². The molecule has 1 fully saturated rings. The molecular weight excluding hydrogens is 383 g/mol. The van der Waals surface area contributed by atoms with Gasteiger partial charge in [-0.2, -0.15) is 18.4 Å². The molecule has 2 amide bonds. The van der Waals surface area contributed by atoms with Crippen molar-refractivity contribution in [2.24, 2.45) is 0 Å². The number of H-pyrrole nitrogens is 1. The molecule has 1 aliphatic rings. The molecule has 2 heterocycles. The molecule has 0 spiro atoms. The molecule has 0 bridgehead atoms. The molecule has 1 aromatic heterocycles. The van der Waals surface area contributed by atoms with E-state index in [-0.39, 0.29) is 17.5 Å². The Morgan fingerprint density at radius 1 is 1.52 bits per heavy atom. The second-order valence-electron chi connectivity index (χ2n) is 5.79. The van der Waals surface area contributed by atoms with Crippen LogP contribution in [0.15, 0.2) is 16.9 Å². The van der Waals surface area contributed by atoms with E-state index in [0.29, 0.717) is 12.8 Å². The Hall–Kier alpha value is -2.48. The fraction of sp³-hybridized carbons (Fsp3) is 0.500. The number of nitrogens with zero attached hydrogens (tertiary/aromatic N) is 3. The van der Waals surface area contributed by atoms with Crippen LogP contribution in [0.25, 0.3) is 0 Å². The first-order valence-electron chi connectivity index (χ1n) is 8.14. The molecule has 0 aliphatic carbocycles. The number of hydrogen-bond donors (Lipinski definition) is 2. The van der Waals surface area contributed by atoms with Crippen LogP contribution < -0.4 is 5.32 Å². The van der Waals surface area contributed by atoms with E-state index in [1.807, 2.05) is 6.92 Å². The number of rotatable bonds is 6. The van der Waals surface area contributed by atoms with Crippen LogP contribution in [0.2, 0.25) is 0 Å². The van der Waals surface area contributed by atoms with Gasteiger partial charge in [-0.05, 0) is 26.7 Å². The van der Waals surface area contributed by atoms with Gasteiger partial charge in [-0.25, -0.2) is 4.98 Å². The average Bonchev–Trinajstić information content (AvgIpc) is 3.14. The van der Waals surface area contributed by atoms with E-state index in [4.69, 9.17) is 0 Å². The fourth-order valence-electron chi connectivity index (χ4n) is 2.57. The highest BCUT2D eigenvalue weighted by Crippen LogP contribution is 2.39. The van der Waals surface area contributed by atoms with Crippen molar-refractivity contribution in [3.05, 3.63) is 28.3 Å². The van der Waals surface area contributed by atoms with Gasteiger partial charge in [0.25, 0.3) is 5.91 Å². The number of amides is 2. The van der Waals surface area contributed by atoms with Gasteiger partial charge < -0.3 is 15.2 Å². The lowest BCUT2D eigenvalue weighted by Crippen LogP contribution is -2.36. The Labute approximate surface area is 158 Å². The van der Waals surface area contributed by atoms with Crippen molar-refractivity contribution in [3.8, 4) is 6.07 Å². The molecule has 2 N–H and O–H groups in total. The smallest absolute Gasteiger partial charge is 0.348 e. The second kappa shape index (κ2) is 8.47. The maximum Gasteiger partial charge on any atom is 0.405 e. The van der Waals surface area contributed by atoms with Gasteiger partial charge in [0.2, 0.25) is 5.91 Å². The molecule has 11 heteroatoms. The lowest BCUT2D eigenvalue weighted by atomic mass is 10.1. The maximum atomic E-state index is 12.6. The van der Waals surface area contributed by atoms with Crippen LogP contribution in [0.1, 0.15) is 24.7 Å². The molecular formula is C16H18F3N5O2S. The number of imidazole rings is 1. The topological polar surface area (TPSA) is 102 Å². The summed E-state index contributed by atoms with van der Waals surface area (Å²) in [5, 5.41) is 10.5. The predicted octanol–water partition coefficient (Wildman–Crippen LogP) is 2.03. The van der Waals surface area contributed by atoms with E-state index in [9.17, 15) is 28.0 Å². The lowest BCUT2D eigenvalue weighted by molar-refractivity contribution is -0.136. The Balaban J connectivity index is 2.17. The van der Waals surface area contributed by atoms with Crippen molar-refractivity contribution in [2.45, 2.75) is 38.1 Å². The number of aryl methyl sites for hydroxylation is 2. The minimum absolute atomic E-state index is 0.0911. The first-order valence-corrected chi connectivity index (χ1v) is 9.02. The van der Waals surface area contributed by atoms with Crippen LogP contribution in [0.4, 0.5) is 13.2 Å². The highest BCUT2D eigenvalue weighted by Gasteiger charge is 2.39. The van der Waals surface area contributed by atoms with Gasteiger partial charge in [-0.3, -0.25) is 9.59 Å². The van der Waals surface area contributed by atoms with Crippen molar-refractivity contribution < 1.29 is 22.8 Å². The third kappa shape index (κ3) is 5.03. The molecule has 1 aromatic rings. The van der Waals surface area contributed by atoms with Gasteiger partial charge in [0.1, 0.15) is 23.2 Å². The van der Waals surface area contributed by atoms with Gasteiger partial charge in [0.05, 0.1) is 17.3 Å². The molecule has 1 saturated heterocycles. The quantitative estimate of drug-likeness (QED) is 0.561. The summed E-state index contributed by atoms with van der Waals surface area (Å²) in [4.78, 5) is 33.0. The van der Waals surface area contributed by atoms with Crippen molar-refractivity contribution >= 4 is 23.6 Å². The number of aromatic amines is 1. The zero-order chi connectivity index (χ0) is 20.2. The zero-order valence-corrected chi connectivity index (χ0v) is 15.5. The Morgan fingerprint density at radius 2 is 2.22 bits per heavy atom. The number of nitriles is 1. The maximum absolute atomic E-state index is 12.6. The fourth-order valence-corrected chi connectivity index (χ4v) is 3.91. The standard InChI is InChI=1S/C16H18F3N5O2S/c1-3-24-14(26)12(5-4-11-9(2)22-8-23-11)27-15(24)10(6-20)13(25)21-7-16(17,18)19/h8,12H,3-5,7H2,1-2H3,(H,21,25)(H,22,23). The largest absolute Gasteiger partial charge is 0.405 e. The monoisotopic (exact) mass is 401 g/mol. The summed E-state index contributed by atoms with van der Waals surface area (Å²) < 4.78 is 36.9. The SMILES string of the molecule is CCN1C(=O)C(CCc2nc[nH]c2C)SC1=C(C#N)C(=O)NCC(F)(F)F. The third-order valence-electron chi connectivity index (χ3n) is 3.94. The number of hydrogen-bond acceptors (Lipinski definition) is 5. The number of halogens is 3. The third-order valence-corrected chi connectivity index (χ3v) is 5.31. The first-order chi connectivity index (χ1) is 12.7. The van der Waals surface area contributed by atoms with E-state index >= 15 is 0 Å². The van der Waals surface area contributed by atoms with Crippen LogP contribution in [-0.2, 0) is 16.0 Å². The number of thioether (sulfide) groups is 1. The molecule has 7 nitrogen and oxygen atoms in total. The molecule has 0 saturated carbocycles. The lowest BCUT2D eigenvalue weighted by Gasteiger charge is -2.16. The molecule has 146 valence electrons. The van der Waals surface area contributed by atoms with Gasteiger partial charge in [0, 0.05) is 12.2 Å². The molecule has 27 heavy (non-hydrogen) atoms. The van der Waals surface area contributed by atoms with Gasteiger partial charge >= 0.3 is 6.18 Å². The van der Waals surface area contributed by atoms with Gasteiger partial charge in [-0.15, -0.1) is 0 Å². The Bertz CT molecular complexity index is 797. The second-order valence-corrected chi connectivity index (χ2v) is 6.98. The molecule has 1 unspecified atom stereocenters. The van der Waals surface area contributed by atoms with Crippen molar-refractivity contribution in [1.82, 2.24) is 20.2 Å². The molecule has 1 atom stereocenters. The number of nitrogens with one attached hydrogen (secondary N) is 2. The van der Waals surface area contributed by atoms with E-state index in [1.165, 1.54) is 4.90 Å². The van der Waals surface area contributed by atoms with Crippen LogP contribution in [0.5, 0.6) is 0 Å². The normalized spacial score (nSPS) is 19.2. The van der Waals surface area contributed by atoms with Crippen molar-refractivity contribution in [2.75, 3.05) is 13.1 Å². The summed E-state index contributed by atoms with van der Waals surface area (Å²) in [5.41, 5.74) is 1.21. The highest BCUT2D eigenvalue weighted by molar-refractivity contribution is 8.04. The van der Waals surface area contributed by atoms with E-state index in [1.54, 1.807) is 24.6 Å². The summed E-state index contributed by atoms with van der Waals surface area (Å²) in [5.74, 6) is -1.42. The minimum Gasteiger partial charge on any atom is -0.348 e. The molecule has 0 aromatic carbocycles. The molecule has 0 radical (unpaired) electrons. The van der Waals surface area contributed by atoms with E-state index in [0.717, 1.165) is 23.1 Å². The van der Waals surface area contributed by atoms with Crippen molar-refractivity contribution in [1.29, 1.82) is 5.26 Å². The van der Waals surface area contributed by atoms with Crippen LogP contribution >= 0.6 is 11.8 Å².